The Morgan fingerprint density at radius 1 is 1.00 bits per heavy atom. The van der Waals surface area contributed by atoms with Crippen molar-refractivity contribution in [2.75, 3.05) is 0 Å². The van der Waals surface area contributed by atoms with Crippen molar-refractivity contribution in [1.82, 2.24) is 19.7 Å². The van der Waals surface area contributed by atoms with Crippen molar-refractivity contribution in [2.24, 2.45) is 0 Å². The Balaban J connectivity index is 0.00000306. The van der Waals surface area contributed by atoms with Crippen LogP contribution in [-0.4, -0.2) is 19.7 Å². The van der Waals surface area contributed by atoms with Crippen LogP contribution >= 0.6 is 0 Å². The zero-order chi connectivity index (χ0) is 23.0. The van der Waals surface area contributed by atoms with Crippen molar-refractivity contribution in [3.05, 3.63) is 95.2 Å². The normalized spacial score (nSPS) is 11.1. The van der Waals surface area contributed by atoms with Crippen LogP contribution in [0.25, 0.3) is 16.9 Å². The van der Waals surface area contributed by atoms with Gasteiger partial charge < -0.3 is 4.98 Å². The van der Waals surface area contributed by atoms with Crippen molar-refractivity contribution >= 4 is 0 Å². The molecule has 0 fully saturated rings. The van der Waals surface area contributed by atoms with Crippen LogP contribution in [0.2, 0.25) is 0 Å². The zero-order valence-electron chi connectivity index (χ0n) is 17.1. The van der Waals surface area contributed by atoms with E-state index in [0.29, 0.717) is 11.4 Å². The molecule has 0 spiro atoms. The van der Waals surface area contributed by atoms with Gasteiger partial charge in [0.05, 0.1) is 23.0 Å². The molecule has 0 saturated heterocycles. The molecule has 0 saturated carbocycles. The van der Waals surface area contributed by atoms with Gasteiger partial charge in [-0.05, 0) is 37.4 Å². The Morgan fingerprint density at radius 2 is 1.76 bits per heavy atom. The molecule has 0 aliphatic rings. The van der Waals surface area contributed by atoms with E-state index in [0.717, 1.165) is 16.8 Å². The number of pyridine rings is 2. The molecule has 5 nitrogen and oxygen atoms in total. The van der Waals surface area contributed by atoms with Gasteiger partial charge in [0.15, 0.2) is 0 Å². The minimum Gasteiger partial charge on any atom is -0.300 e. The van der Waals surface area contributed by atoms with E-state index < -0.39 is 34.5 Å². The average Bonchev–Trinajstić information content (AvgIpc) is 3.25. The SMILES string of the molecule is CC(C)(c1cccc(-c2[c-]cc(F)nc2F)n1)c1ccn(-c2[c-]cc(F)c(C#N)c2F)n1.[Pt+2]. The molecule has 1 aromatic carbocycles. The van der Waals surface area contributed by atoms with Gasteiger partial charge in [0.2, 0.25) is 0 Å². The second-order valence-corrected chi connectivity index (χ2v) is 7.35. The first-order valence-corrected chi connectivity index (χ1v) is 9.30. The van der Waals surface area contributed by atoms with E-state index >= 15 is 0 Å². The van der Waals surface area contributed by atoms with Crippen LogP contribution in [0.5, 0.6) is 0 Å². The van der Waals surface area contributed by atoms with Gasteiger partial charge in [0.1, 0.15) is 11.9 Å². The van der Waals surface area contributed by atoms with Crippen LogP contribution in [0.1, 0.15) is 30.8 Å². The quantitative estimate of drug-likeness (QED) is 0.187. The van der Waals surface area contributed by atoms with Crippen LogP contribution in [-0.2, 0) is 26.5 Å². The average molecular weight is 630 g/mol. The molecule has 10 heteroatoms. The zero-order valence-corrected chi connectivity index (χ0v) is 19.4. The van der Waals surface area contributed by atoms with E-state index in [-0.39, 0.29) is 38.0 Å². The number of nitrogens with zero attached hydrogens (tertiary/aromatic N) is 5. The maximum atomic E-state index is 14.5. The third-order valence-electron chi connectivity index (χ3n) is 4.96. The molecule has 4 aromatic rings. The topological polar surface area (TPSA) is 67.4 Å². The van der Waals surface area contributed by atoms with Gasteiger partial charge in [-0.3, -0.25) is 18.4 Å². The molecular weight excluding hydrogens is 617 g/mol. The Hall–Kier alpha value is -3.37. The first-order chi connectivity index (χ1) is 15.2. The largest absolute Gasteiger partial charge is 2.00 e. The first-order valence-electron chi connectivity index (χ1n) is 9.30. The summed E-state index contributed by atoms with van der Waals surface area (Å²) in [4.78, 5) is 7.62. The summed E-state index contributed by atoms with van der Waals surface area (Å²) >= 11 is 0. The minimum absolute atomic E-state index is 0. The second kappa shape index (κ2) is 9.24. The van der Waals surface area contributed by atoms with Crippen LogP contribution in [0.4, 0.5) is 17.6 Å². The Bertz CT molecular complexity index is 1380. The van der Waals surface area contributed by atoms with E-state index in [2.05, 4.69) is 27.2 Å². The monoisotopic (exact) mass is 630 g/mol. The smallest absolute Gasteiger partial charge is 0.300 e. The molecule has 0 N–H and O–H groups in total. The summed E-state index contributed by atoms with van der Waals surface area (Å²) in [6, 6.07) is 14.7. The number of aromatic nitrogens is 4. The Morgan fingerprint density at radius 3 is 2.45 bits per heavy atom. The fraction of sp³-hybridized carbons (Fsp3) is 0.130. The molecular formula is C23H13F4N5Pt. The molecule has 0 unspecified atom stereocenters. The summed E-state index contributed by atoms with van der Waals surface area (Å²) in [5, 5.41) is 13.3. The molecule has 0 radical (unpaired) electrons. The summed E-state index contributed by atoms with van der Waals surface area (Å²) in [6.07, 6.45) is 1.45. The first kappa shape index (κ1) is 24.3. The molecule has 0 amide bonds. The van der Waals surface area contributed by atoms with Gasteiger partial charge in [-0.25, -0.2) is 8.78 Å². The second-order valence-electron chi connectivity index (χ2n) is 7.35. The summed E-state index contributed by atoms with van der Waals surface area (Å²) in [5.74, 6) is -4.11. The Kier molecular flexibility index (Phi) is 6.80. The molecule has 3 heterocycles. The number of benzene rings is 1. The molecule has 168 valence electrons. The van der Waals surface area contributed by atoms with Crippen LogP contribution in [0.3, 0.4) is 0 Å². The molecule has 3 aromatic heterocycles. The third-order valence-corrected chi connectivity index (χ3v) is 4.96. The molecule has 33 heavy (non-hydrogen) atoms. The number of halogens is 4. The van der Waals surface area contributed by atoms with Gasteiger partial charge in [-0.15, -0.1) is 12.1 Å². The van der Waals surface area contributed by atoms with E-state index in [1.807, 2.05) is 0 Å². The Labute approximate surface area is 201 Å². The van der Waals surface area contributed by atoms with Gasteiger partial charge >= 0.3 is 21.1 Å². The number of hydrogen-bond donors (Lipinski definition) is 0. The summed E-state index contributed by atoms with van der Waals surface area (Å²) in [6.45, 7) is 3.61. The number of hydrogen-bond acceptors (Lipinski definition) is 4. The van der Waals surface area contributed by atoms with E-state index in [1.54, 1.807) is 38.1 Å². The van der Waals surface area contributed by atoms with Gasteiger partial charge in [0, 0.05) is 23.3 Å². The van der Waals surface area contributed by atoms with Crippen molar-refractivity contribution in [3.63, 3.8) is 0 Å². The van der Waals surface area contributed by atoms with Gasteiger partial charge in [-0.2, -0.15) is 16.4 Å². The maximum absolute atomic E-state index is 14.5. The maximum Gasteiger partial charge on any atom is 2.00 e. The van der Waals surface area contributed by atoms with Crippen molar-refractivity contribution in [2.45, 2.75) is 19.3 Å². The summed E-state index contributed by atoms with van der Waals surface area (Å²) < 4.78 is 56.5. The molecule has 4 rings (SSSR count). The summed E-state index contributed by atoms with van der Waals surface area (Å²) in [7, 11) is 0. The molecule has 0 aliphatic heterocycles. The number of nitriles is 1. The predicted octanol–water partition coefficient (Wildman–Crippen LogP) is 4.68. The third kappa shape index (κ3) is 4.44. The van der Waals surface area contributed by atoms with Crippen molar-refractivity contribution in [1.29, 1.82) is 5.26 Å². The summed E-state index contributed by atoms with van der Waals surface area (Å²) in [5.41, 5.74) is -0.660. The predicted molar refractivity (Wildman–Crippen MR) is 105 cm³/mol. The fourth-order valence-electron chi connectivity index (χ4n) is 3.15. The molecule has 0 atom stereocenters. The molecule has 0 aliphatic carbocycles. The van der Waals surface area contributed by atoms with Crippen LogP contribution in [0, 0.1) is 47.0 Å². The van der Waals surface area contributed by atoms with Gasteiger partial charge in [0.25, 0.3) is 0 Å². The number of rotatable bonds is 4. The molecule has 0 bridgehead atoms. The minimum atomic E-state index is -1.07. The van der Waals surface area contributed by atoms with Gasteiger partial charge in [-0.1, -0.05) is 23.8 Å². The van der Waals surface area contributed by atoms with Crippen LogP contribution in [0.15, 0.2) is 42.6 Å². The fourth-order valence-corrected chi connectivity index (χ4v) is 3.15. The van der Waals surface area contributed by atoms with E-state index in [4.69, 9.17) is 5.26 Å². The van der Waals surface area contributed by atoms with E-state index in [9.17, 15) is 17.6 Å². The van der Waals surface area contributed by atoms with Crippen LogP contribution < -0.4 is 0 Å². The van der Waals surface area contributed by atoms with Crippen molar-refractivity contribution < 1.29 is 38.6 Å². The standard InChI is InChI=1S/C23H13F4N5.Pt/c1-23(2,18-5-3-4-16(29-18)13-6-9-20(25)30-22(13)27)19-10-11-32(31-19)17-8-7-15(24)14(12-28)21(17)26;/h3-5,7,9-11H,1-2H3;/q-2;+2. The van der Waals surface area contributed by atoms with E-state index in [1.165, 1.54) is 12.3 Å². The van der Waals surface area contributed by atoms with Crippen molar-refractivity contribution in [3.8, 4) is 23.0 Å².